The molecule has 7 heteroatoms. The van der Waals surface area contributed by atoms with Crippen LogP contribution in [0.3, 0.4) is 0 Å². The minimum atomic E-state index is 0.199. The zero-order chi connectivity index (χ0) is 16.2. The van der Waals surface area contributed by atoms with Crippen molar-refractivity contribution in [2.75, 3.05) is 26.2 Å². The van der Waals surface area contributed by atoms with Gasteiger partial charge in [0.15, 0.2) is 0 Å². The summed E-state index contributed by atoms with van der Waals surface area (Å²) in [6.07, 6.45) is 7.80. The number of halogens is 1. The van der Waals surface area contributed by atoms with Crippen LogP contribution in [-0.2, 0) is 4.79 Å². The zero-order valence-electron chi connectivity index (χ0n) is 13.4. The summed E-state index contributed by atoms with van der Waals surface area (Å²) in [5.74, 6) is 0.199. The van der Waals surface area contributed by atoms with E-state index in [1.807, 2.05) is 4.90 Å². The summed E-state index contributed by atoms with van der Waals surface area (Å²) in [6, 6.07) is 1.07. The first kappa shape index (κ1) is 16.6. The van der Waals surface area contributed by atoms with Gasteiger partial charge in [-0.05, 0) is 41.6 Å². The number of likely N-dealkylation sites (tertiary alicyclic amines) is 2. The molecule has 2 aliphatic rings. The third-order valence-corrected chi connectivity index (χ3v) is 5.18. The van der Waals surface area contributed by atoms with E-state index in [1.54, 1.807) is 19.3 Å². The van der Waals surface area contributed by atoms with Gasteiger partial charge in [0.1, 0.15) is 6.10 Å². The van der Waals surface area contributed by atoms with Gasteiger partial charge < -0.3 is 9.64 Å². The molecular weight excluding hydrogens is 360 g/mol. The maximum atomic E-state index is 11.4. The summed E-state index contributed by atoms with van der Waals surface area (Å²) < 4.78 is 6.73. The highest BCUT2D eigenvalue weighted by Gasteiger charge is 2.29. The summed E-state index contributed by atoms with van der Waals surface area (Å²) in [7, 11) is 0. The van der Waals surface area contributed by atoms with Crippen LogP contribution in [0.4, 0.5) is 0 Å². The van der Waals surface area contributed by atoms with Gasteiger partial charge in [0, 0.05) is 51.5 Å². The molecule has 0 atom stereocenters. The van der Waals surface area contributed by atoms with Gasteiger partial charge in [-0.2, -0.15) is 0 Å². The van der Waals surface area contributed by atoms with Gasteiger partial charge in [-0.25, -0.2) is 9.97 Å². The zero-order valence-corrected chi connectivity index (χ0v) is 15.0. The smallest absolute Gasteiger partial charge is 0.316 e. The molecule has 0 saturated carbocycles. The highest BCUT2D eigenvalue weighted by molar-refractivity contribution is 9.10. The van der Waals surface area contributed by atoms with Crippen LogP contribution in [0.25, 0.3) is 0 Å². The van der Waals surface area contributed by atoms with Crippen LogP contribution in [0.1, 0.15) is 32.6 Å². The number of hydrogen-bond donors (Lipinski definition) is 0. The van der Waals surface area contributed by atoms with Gasteiger partial charge >= 0.3 is 6.01 Å². The first-order valence-corrected chi connectivity index (χ1v) is 9.05. The van der Waals surface area contributed by atoms with E-state index < -0.39 is 0 Å². The Hall–Kier alpha value is -1.21. The summed E-state index contributed by atoms with van der Waals surface area (Å²) in [5, 5.41) is 0. The molecule has 0 N–H and O–H groups in total. The van der Waals surface area contributed by atoms with E-state index in [0.29, 0.717) is 12.1 Å². The quantitative estimate of drug-likeness (QED) is 0.800. The minimum absolute atomic E-state index is 0.199. The van der Waals surface area contributed by atoms with Crippen LogP contribution in [-0.4, -0.2) is 64.0 Å². The Balaban J connectivity index is 1.43. The molecule has 126 valence electrons. The average molecular weight is 383 g/mol. The fourth-order valence-corrected chi connectivity index (χ4v) is 3.62. The molecule has 0 unspecified atom stereocenters. The van der Waals surface area contributed by atoms with Crippen molar-refractivity contribution in [2.24, 2.45) is 0 Å². The molecule has 0 aromatic carbocycles. The Kier molecular flexibility index (Phi) is 5.48. The first-order valence-electron chi connectivity index (χ1n) is 8.25. The van der Waals surface area contributed by atoms with Gasteiger partial charge in [0.2, 0.25) is 5.91 Å². The number of amides is 1. The Morgan fingerprint density at radius 1 is 1.13 bits per heavy atom. The Labute approximate surface area is 145 Å². The first-order chi connectivity index (χ1) is 11.1. The molecule has 2 saturated heterocycles. The van der Waals surface area contributed by atoms with Gasteiger partial charge in [0.25, 0.3) is 0 Å². The van der Waals surface area contributed by atoms with E-state index in [4.69, 9.17) is 4.74 Å². The molecule has 1 aromatic rings. The van der Waals surface area contributed by atoms with E-state index in [0.717, 1.165) is 56.3 Å². The molecular formula is C16H23BrN4O2. The van der Waals surface area contributed by atoms with Crippen molar-refractivity contribution in [3.8, 4) is 6.01 Å². The Morgan fingerprint density at radius 2 is 1.74 bits per heavy atom. The normalized spacial score (nSPS) is 21.4. The van der Waals surface area contributed by atoms with Crippen molar-refractivity contribution in [1.82, 2.24) is 19.8 Å². The molecule has 23 heavy (non-hydrogen) atoms. The molecule has 6 nitrogen and oxygen atoms in total. The second-order valence-corrected chi connectivity index (χ2v) is 7.19. The summed E-state index contributed by atoms with van der Waals surface area (Å²) in [4.78, 5) is 24.3. The van der Waals surface area contributed by atoms with Gasteiger partial charge in [-0.15, -0.1) is 0 Å². The van der Waals surface area contributed by atoms with Crippen molar-refractivity contribution >= 4 is 21.8 Å². The second-order valence-electron chi connectivity index (χ2n) is 6.27. The maximum Gasteiger partial charge on any atom is 0.316 e. The third kappa shape index (κ3) is 4.41. The Bertz CT molecular complexity index is 523. The SMILES string of the molecule is CC(=O)N1CCC(N2CCC(Oc3ncc(Br)cn3)CC2)CC1. The lowest BCUT2D eigenvalue weighted by Crippen LogP contribution is -2.49. The van der Waals surface area contributed by atoms with Crippen molar-refractivity contribution in [2.45, 2.75) is 44.8 Å². The lowest BCUT2D eigenvalue weighted by molar-refractivity contribution is -0.130. The number of hydrogen-bond acceptors (Lipinski definition) is 5. The molecule has 2 aliphatic heterocycles. The van der Waals surface area contributed by atoms with E-state index in [2.05, 4.69) is 30.8 Å². The highest BCUT2D eigenvalue weighted by Crippen LogP contribution is 2.23. The molecule has 3 heterocycles. The Morgan fingerprint density at radius 3 is 2.30 bits per heavy atom. The molecule has 3 rings (SSSR count). The molecule has 0 spiro atoms. The highest BCUT2D eigenvalue weighted by atomic mass is 79.9. The number of ether oxygens (including phenoxy) is 1. The lowest BCUT2D eigenvalue weighted by atomic mass is 9.99. The standard InChI is InChI=1S/C16H23BrN4O2/c1-12(22)20-6-2-14(3-7-20)21-8-4-15(5-9-21)23-16-18-10-13(17)11-19-16/h10-11,14-15H,2-9H2,1H3. The van der Waals surface area contributed by atoms with Crippen molar-refractivity contribution in [3.63, 3.8) is 0 Å². The van der Waals surface area contributed by atoms with Crippen LogP contribution in [0.5, 0.6) is 6.01 Å². The summed E-state index contributed by atoms with van der Waals surface area (Å²) >= 11 is 3.32. The fourth-order valence-electron chi connectivity index (χ4n) is 3.42. The van der Waals surface area contributed by atoms with Crippen molar-refractivity contribution in [3.05, 3.63) is 16.9 Å². The number of carbonyl (C=O) groups excluding carboxylic acids is 1. The number of aromatic nitrogens is 2. The van der Waals surface area contributed by atoms with Crippen molar-refractivity contribution in [1.29, 1.82) is 0 Å². The van der Waals surface area contributed by atoms with Gasteiger partial charge in [-0.3, -0.25) is 9.69 Å². The number of rotatable bonds is 3. The fraction of sp³-hybridized carbons (Fsp3) is 0.688. The number of nitrogens with zero attached hydrogens (tertiary/aromatic N) is 4. The number of piperidine rings is 2. The van der Waals surface area contributed by atoms with E-state index in [9.17, 15) is 4.79 Å². The monoisotopic (exact) mass is 382 g/mol. The predicted octanol–water partition coefficient (Wildman–Crippen LogP) is 2.09. The molecule has 0 bridgehead atoms. The van der Waals surface area contributed by atoms with Gasteiger partial charge in [-0.1, -0.05) is 0 Å². The van der Waals surface area contributed by atoms with Crippen LogP contribution >= 0.6 is 15.9 Å². The lowest BCUT2D eigenvalue weighted by Gasteiger charge is -2.41. The van der Waals surface area contributed by atoms with Crippen LogP contribution in [0.2, 0.25) is 0 Å². The van der Waals surface area contributed by atoms with Crippen molar-refractivity contribution < 1.29 is 9.53 Å². The second kappa shape index (κ2) is 7.57. The molecule has 1 aromatic heterocycles. The minimum Gasteiger partial charge on any atom is -0.460 e. The summed E-state index contributed by atoms with van der Waals surface area (Å²) in [5.41, 5.74) is 0. The third-order valence-electron chi connectivity index (χ3n) is 4.77. The molecule has 2 fully saturated rings. The maximum absolute atomic E-state index is 11.4. The van der Waals surface area contributed by atoms with Crippen LogP contribution in [0, 0.1) is 0 Å². The predicted molar refractivity (Wildman–Crippen MR) is 90.2 cm³/mol. The molecule has 1 amide bonds. The van der Waals surface area contributed by atoms with Crippen LogP contribution < -0.4 is 4.74 Å². The summed E-state index contributed by atoms with van der Waals surface area (Å²) in [6.45, 7) is 5.54. The van der Waals surface area contributed by atoms with Gasteiger partial charge in [0.05, 0.1) is 4.47 Å². The molecule has 0 radical (unpaired) electrons. The van der Waals surface area contributed by atoms with E-state index in [-0.39, 0.29) is 12.0 Å². The number of carbonyl (C=O) groups is 1. The molecule has 0 aliphatic carbocycles. The largest absolute Gasteiger partial charge is 0.460 e. The average Bonchev–Trinajstić information content (AvgIpc) is 2.58. The van der Waals surface area contributed by atoms with E-state index >= 15 is 0 Å². The topological polar surface area (TPSA) is 58.6 Å². The van der Waals surface area contributed by atoms with E-state index in [1.165, 1.54) is 0 Å². The van der Waals surface area contributed by atoms with Crippen LogP contribution in [0.15, 0.2) is 16.9 Å².